The number of piperidine rings is 1. The zero-order valence-corrected chi connectivity index (χ0v) is 13.4. The third kappa shape index (κ3) is 3.39. The third-order valence-corrected chi connectivity index (χ3v) is 4.66. The van der Waals surface area contributed by atoms with E-state index in [1.807, 2.05) is 30.0 Å². The molecule has 1 aromatic rings. The number of hydrogen-bond donors (Lipinski definition) is 1. The molecular formula is C15H19BrN2O2. The average Bonchev–Trinajstić information content (AvgIpc) is 2.41. The summed E-state index contributed by atoms with van der Waals surface area (Å²) in [6, 6.07) is 5.91. The minimum Gasteiger partial charge on any atom is -0.353 e. The van der Waals surface area contributed by atoms with Crippen molar-refractivity contribution >= 4 is 27.7 Å². The van der Waals surface area contributed by atoms with Crippen LogP contribution in [0.5, 0.6) is 0 Å². The Labute approximate surface area is 127 Å². The van der Waals surface area contributed by atoms with Gasteiger partial charge in [-0.25, -0.2) is 0 Å². The standard InChI is InChI=1S/C15H19BrN2O2/c1-10-4-3-5-13(14(10)16)15(20)18-8-6-12(7-9-18)17-11(2)19/h3-5,12H,6-9H2,1-2H3,(H,17,19). The lowest BCUT2D eigenvalue weighted by Gasteiger charge is -2.32. The molecule has 0 spiro atoms. The second kappa shape index (κ2) is 6.39. The summed E-state index contributed by atoms with van der Waals surface area (Å²) in [7, 11) is 0. The van der Waals surface area contributed by atoms with E-state index in [1.165, 1.54) is 6.92 Å². The molecule has 1 saturated heterocycles. The van der Waals surface area contributed by atoms with Crippen molar-refractivity contribution in [2.24, 2.45) is 0 Å². The smallest absolute Gasteiger partial charge is 0.255 e. The molecule has 108 valence electrons. The first-order valence-corrected chi connectivity index (χ1v) is 7.60. The molecule has 2 amide bonds. The minimum absolute atomic E-state index is 0.00351. The maximum Gasteiger partial charge on any atom is 0.255 e. The first-order chi connectivity index (χ1) is 9.49. The number of carbonyl (C=O) groups excluding carboxylic acids is 2. The summed E-state index contributed by atoms with van der Waals surface area (Å²) >= 11 is 3.49. The van der Waals surface area contributed by atoms with Crippen molar-refractivity contribution in [2.45, 2.75) is 32.7 Å². The Morgan fingerprint density at radius 2 is 1.95 bits per heavy atom. The molecule has 20 heavy (non-hydrogen) atoms. The van der Waals surface area contributed by atoms with Gasteiger partial charge >= 0.3 is 0 Å². The molecule has 4 nitrogen and oxygen atoms in total. The number of benzene rings is 1. The highest BCUT2D eigenvalue weighted by molar-refractivity contribution is 9.10. The van der Waals surface area contributed by atoms with Crippen molar-refractivity contribution in [2.75, 3.05) is 13.1 Å². The van der Waals surface area contributed by atoms with E-state index in [9.17, 15) is 9.59 Å². The molecule has 1 heterocycles. The van der Waals surface area contributed by atoms with Crippen LogP contribution in [0.1, 0.15) is 35.7 Å². The van der Waals surface area contributed by atoms with E-state index in [0.717, 1.165) is 22.9 Å². The fraction of sp³-hybridized carbons (Fsp3) is 0.467. The summed E-state index contributed by atoms with van der Waals surface area (Å²) in [6.45, 7) is 4.87. The SMILES string of the molecule is CC(=O)NC1CCN(C(=O)c2cccc(C)c2Br)CC1. The maximum atomic E-state index is 12.5. The fourth-order valence-electron chi connectivity index (χ4n) is 2.50. The quantitative estimate of drug-likeness (QED) is 0.900. The molecule has 1 aromatic carbocycles. The molecule has 0 aromatic heterocycles. The van der Waals surface area contributed by atoms with Crippen LogP contribution in [0.2, 0.25) is 0 Å². The van der Waals surface area contributed by atoms with E-state index in [2.05, 4.69) is 21.2 Å². The lowest BCUT2D eigenvalue weighted by molar-refractivity contribution is -0.119. The second-order valence-corrected chi connectivity index (χ2v) is 6.00. The molecule has 0 aliphatic carbocycles. The number of rotatable bonds is 2. The molecule has 1 aliphatic heterocycles. The Hall–Kier alpha value is -1.36. The molecule has 0 radical (unpaired) electrons. The predicted octanol–water partition coefficient (Wildman–Crippen LogP) is 2.50. The van der Waals surface area contributed by atoms with Gasteiger partial charge in [0.25, 0.3) is 5.91 Å². The van der Waals surface area contributed by atoms with Crippen LogP contribution < -0.4 is 5.32 Å². The van der Waals surface area contributed by atoms with Crippen LogP contribution in [0.3, 0.4) is 0 Å². The topological polar surface area (TPSA) is 49.4 Å². The van der Waals surface area contributed by atoms with Crippen LogP contribution in [0.4, 0.5) is 0 Å². The molecule has 1 fully saturated rings. The largest absolute Gasteiger partial charge is 0.353 e. The highest BCUT2D eigenvalue weighted by Gasteiger charge is 2.25. The van der Waals surface area contributed by atoms with E-state index in [1.54, 1.807) is 0 Å². The lowest BCUT2D eigenvalue weighted by Crippen LogP contribution is -2.46. The number of aryl methyl sites for hydroxylation is 1. The molecule has 2 rings (SSSR count). The zero-order valence-electron chi connectivity index (χ0n) is 11.8. The third-order valence-electron chi connectivity index (χ3n) is 3.61. The van der Waals surface area contributed by atoms with Crippen molar-refractivity contribution < 1.29 is 9.59 Å². The molecule has 0 unspecified atom stereocenters. The van der Waals surface area contributed by atoms with Crippen LogP contribution in [-0.2, 0) is 4.79 Å². The highest BCUT2D eigenvalue weighted by Crippen LogP contribution is 2.23. The van der Waals surface area contributed by atoms with Gasteiger partial charge in [0, 0.05) is 30.5 Å². The monoisotopic (exact) mass is 338 g/mol. The Morgan fingerprint density at radius 3 is 2.55 bits per heavy atom. The number of nitrogens with zero attached hydrogens (tertiary/aromatic N) is 1. The van der Waals surface area contributed by atoms with Crippen LogP contribution >= 0.6 is 15.9 Å². The first kappa shape index (κ1) is 15.0. The molecule has 1 N–H and O–H groups in total. The van der Waals surface area contributed by atoms with Gasteiger partial charge in [-0.3, -0.25) is 9.59 Å². The van der Waals surface area contributed by atoms with Gasteiger partial charge in [-0.05, 0) is 47.3 Å². The second-order valence-electron chi connectivity index (χ2n) is 5.20. The first-order valence-electron chi connectivity index (χ1n) is 6.80. The van der Waals surface area contributed by atoms with E-state index in [-0.39, 0.29) is 17.9 Å². The predicted molar refractivity (Wildman–Crippen MR) is 81.6 cm³/mol. The summed E-state index contributed by atoms with van der Waals surface area (Å²) in [4.78, 5) is 25.4. The Balaban J connectivity index is 2.02. The van der Waals surface area contributed by atoms with Gasteiger partial charge in [0.05, 0.1) is 5.56 Å². The molecule has 0 bridgehead atoms. The van der Waals surface area contributed by atoms with Crippen molar-refractivity contribution in [3.05, 3.63) is 33.8 Å². The van der Waals surface area contributed by atoms with E-state index >= 15 is 0 Å². The average molecular weight is 339 g/mol. The summed E-state index contributed by atoms with van der Waals surface area (Å²) in [5.74, 6) is 0.0538. The van der Waals surface area contributed by atoms with Gasteiger partial charge in [-0.15, -0.1) is 0 Å². The van der Waals surface area contributed by atoms with Crippen molar-refractivity contribution in [1.29, 1.82) is 0 Å². The van der Waals surface area contributed by atoms with Crippen molar-refractivity contribution in [3.63, 3.8) is 0 Å². The summed E-state index contributed by atoms with van der Waals surface area (Å²) in [5, 5.41) is 2.92. The summed E-state index contributed by atoms with van der Waals surface area (Å²) < 4.78 is 0.869. The van der Waals surface area contributed by atoms with Gasteiger partial charge in [-0.2, -0.15) is 0 Å². The van der Waals surface area contributed by atoms with Crippen LogP contribution in [0.15, 0.2) is 22.7 Å². The van der Waals surface area contributed by atoms with Crippen molar-refractivity contribution in [1.82, 2.24) is 10.2 Å². The molecule has 1 aliphatic rings. The van der Waals surface area contributed by atoms with Crippen molar-refractivity contribution in [3.8, 4) is 0 Å². The van der Waals surface area contributed by atoms with Crippen LogP contribution in [0.25, 0.3) is 0 Å². The number of nitrogens with one attached hydrogen (secondary N) is 1. The van der Waals surface area contributed by atoms with Gasteiger partial charge in [-0.1, -0.05) is 12.1 Å². The molecule has 5 heteroatoms. The van der Waals surface area contributed by atoms with E-state index in [4.69, 9.17) is 0 Å². The fourth-order valence-corrected chi connectivity index (χ4v) is 2.93. The van der Waals surface area contributed by atoms with E-state index < -0.39 is 0 Å². The van der Waals surface area contributed by atoms with Gasteiger partial charge in [0.1, 0.15) is 0 Å². The van der Waals surface area contributed by atoms with Crippen LogP contribution in [0, 0.1) is 6.92 Å². The Kier molecular flexibility index (Phi) is 4.81. The summed E-state index contributed by atoms with van der Waals surface area (Å²) in [5.41, 5.74) is 1.77. The zero-order chi connectivity index (χ0) is 14.7. The number of carbonyl (C=O) groups is 2. The summed E-state index contributed by atoms with van der Waals surface area (Å²) in [6.07, 6.45) is 1.63. The normalized spacial score (nSPS) is 16.1. The molecular weight excluding hydrogens is 320 g/mol. The van der Waals surface area contributed by atoms with E-state index in [0.29, 0.717) is 18.7 Å². The Morgan fingerprint density at radius 1 is 1.30 bits per heavy atom. The van der Waals surface area contributed by atoms with Gasteiger partial charge in [0.15, 0.2) is 0 Å². The minimum atomic E-state index is -0.00351. The Bertz CT molecular complexity index is 523. The number of hydrogen-bond acceptors (Lipinski definition) is 2. The highest BCUT2D eigenvalue weighted by atomic mass is 79.9. The number of likely N-dealkylation sites (tertiary alicyclic amines) is 1. The van der Waals surface area contributed by atoms with Gasteiger partial charge < -0.3 is 10.2 Å². The lowest BCUT2D eigenvalue weighted by atomic mass is 10.0. The number of halogens is 1. The molecule has 0 saturated carbocycles. The molecule has 0 atom stereocenters. The maximum absolute atomic E-state index is 12.5. The van der Waals surface area contributed by atoms with Gasteiger partial charge in [0.2, 0.25) is 5.91 Å². The number of amides is 2. The van der Waals surface area contributed by atoms with Crippen LogP contribution in [-0.4, -0.2) is 35.8 Å².